The third-order valence-corrected chi connectivity index (χ3v) is 9.14. The molecule has 0 aliphatic carbocycles. The molecular weight excluding hydrogens is 740 g/mol. The summed E-state index contributed by atoms with van der Waals surface area (Å²) in [7, 11) is 1.57. The molecule has 3 aliphatic heterocycles. The van der Waals surface area contributed by atoms with Crippen molar-refractivity contribution in [1.29, 1.82) is 0 Å². The topological polar surface area (TPSA) is 148 Å². The predicted molar refractivity (Wildman–Crippen MR) is 214 cm³/mol. The molecule has 3 aliphatic rings. The summed E-state index contributed by atoms with van der Waals surface area (Å²) in [5.74, 6) is 1.47. The Morgan fingerprint density at radius 1 is 0.661 bits per heavy atom. The lowest BCUT2D eigenvalue weighted by atomic mass is 10.2. The molecule has 304 valence electrons. The number of fused-ring (bicyclic) bond motifs is 2. The SMILES string of the molecule is C1CCOC1.COc1ccc2ccc(O[C@@H]3C[C@H](C)N(C(=O)OC(C)(C)C)C3)nc2n1.C[C@H]1C[C@@H](Oc2ccc3ccc(Cl)nc3n2)CN1C(=O)OC(C)(C)C. The lowest BCUT2D eigenvalue weighted by Crippen LogP contribution is -2.39. The molecule has 7 rings (SSSR count). The van der Waals surface area contributed by atoms with Crippen LogP contribution in [0.4, 0.5) is 9.59 Å². The van der Waals surface area contributed by atoms with E-state index in [-0.39, 0.29) is 36.5 Å². The first kappa shape index (κ1) is 42.5. The number of amides is 2. The van der Waals surface area contributed by atoms with E-state index >= 15 is 0 Å². The van der Waals surface area contributed by atoms with Crippen molar-refractivity contribution in [1.82, 2.24) is 29.7 Å². The molecule has 0 aromatic carbocycles. The number of nitrogens with zero attached hydrogens (tertiary/aromatic N) is 6. The van der Waals surface area contributed by atoms with Gasteiger partial charge in [-0.1, -0.05) is 11.6 Å². The average molecular weight is 795 g/mol. The maximum absolute atomic E-state index is 12.3. The van der Waals surface area contributed by atoms with Crippen molar-refractivity contribution in [2.24, 2.45) is 0 Å². The van der Waals surface area contributed by atoms with Gasteiger partial charge in [0.1, 0.15) is 28.6 Å². The summed E-state index contributed by atoms with van der Waals surface area (Å²) in [6, 6.07) is 14.8. The molecule has 2 amide bonds. The van der Waals surface area contributed by atoms with E-state index in [2.05, 4.69) is 19.9 Å². The Morgan fingerprint density at radius 2 is 1.07 bits per heavy atom. The molecule has 4 aromatic heterocycles. The van der Waals surface area contributed by atoms with Crippen LogP contribution in [0, 0.1) is 0 Å². The molecule has 3 fully saturated rings. The van der Waals surface area contributed by atoms with Crippen LogP contribution in [-0.4, -0.2) is 111 Å². The highest BCUT2D eigenvalue weighted by molar-refractivity contribution is 6.29. The van der Waals surface area contributed by atoms with E-state index in [1.54, 1.807) is 35.1 Å². The number of aromatic nitrogens is 4. The first-order valence-corrected chi connectivity index (χ1v) is 19.5. The Morgan fingerprint density at radius 3 is 1.48 bits per heavy atom. The van der Waals surface area contributed by atoms with Gasteiger partial charge >= 0.3 is 12.2 Å². The number of rotatable bonds is 5. The third-order valence-electron chi connectivity index (χ3n) is 8.93. The summed E-state index contributed by atoms with van der Waals surface area (Å²) < 4.78 is 33.0. The van der Waals surface area contributed by atoms with E-state index in [4.69, 9.17) is 40.0 Å². The highest BCUT2D eigenvalue weighted by atomic mass is 35.5. The molecule has 0 unspecified atom stereocenters. The van der Waals surface area contributed by atoms with Gasteiger partial charge < -0.3 is 38.2 Å². The molecule has 0 bridgehead atoms. The average Bonchev–Trinajstić information content (AvgIpc) is 3.89. The molecule has 0 spiro atoms. The largest absolute Gasteiger partial charge is 0.481 e. The van der Waals surface area contributed by atoms with E-state index in [1.165, 1.54) is 12.8 Å². The van der Waals surface area contributed by atoms with E-state index in [9.17, 15) is 9.59 Å². The second-order valence-electron chi connectivity index (χ2n) is 16.1. The molecule has 4 atom stereocenters. The van der Waals surface area contributed by atoms with Crippen molar-refractivity contribution in [3.8, 4) is 17.6 Å². The van der Waals surface area contributed by atoms with Gasteiger partial charge in [0.15, 0.2) is 11.3 Å². The van der Waals surface area contributed by atoms with Gasteiger partial charge in [0.2, 0.25) is 17.6 Å². The minimum atomic E-state index is -0.514. The van der Waals surface area contributed by atoms with E-state index in [0.29, 0.717) is 47.2 Å². The number of halogens is 1. The van der Waals surface area contributed by atoms with Gasteiger partial charge in [0.05, 0.1) is 20.2 Å². The van der Waals surface area contributed by atoms with Gasteiger partial charge in [-0.3, -0.25) is 0 Å². The maximum Gasteiger partial charge on any atom is 0.410 e. The maximum atomic E-state index is 12.3. The zero-order valence-corrected chi connectivity index (χ0v) is 34.7. The Balaban J connectivity index is 0.000000190. The quantitative estimate of drug-likeness (QED) is 0.179. The van der Waals surface area contributed by atoms with E-state index in [1.807, 2.05) is 85.7 Å². The van der Waals surface area contributed by atoms with Gasteiger partial charge in [0, 0.05) is 67.1 Å². The van der Waals surface area contributed by atoms with Crippen LogP contribution in [0.15, 0.2) is 48.5 Å². The number of ether oxygens (including phenoxy) is 6. The zero-order valence-electron chi connectivity index (χ0n) is 33.9. The van der Waals surface area contributed by atoms with Crippen LogP contribution >= 0.6 is 11.6 Å². The second kappa shape index (κ2) is 18.5. The minimum Gasteiger partial charge on any atom is -0.481 e. The highest BCUT2D eigenvalue weighted by Crippen LogP contribution is 2.27. The van der Waals surface area contributed by atoms with Crippen LogP contribution in [0.3, 0.4) is 0 Å². The van der Waals surface area contributed by atoms with E-state index < -0.39 is 11.2 Å². The van der Waals surface area contributed by atoms with Crippen LogP contribution in [0.2, 0.25) is 5.15 Å². The first-order chi connectivity index (χ1) is 26.5. The molecule has 56 heavy (non-hydrogen) atoms. The number of pyridine rings is 4. The summed E-state index contributed by atoms with van der Waals surface area (Å²) in [6.07, 6.45) is 3.12. The second-order valence-corrected chi connectivity index (χ2v) is 16.5. The van der Waals surface area contributed by atoms with Crippen LogP contribution < -0.4 is 14.2 Å². The lowest BCUT2D eigenvalue weighted by Gasteiger charge is -2.26. The molecular formula is C41H55ClN6O8. The molecule has 7 heterocycles. The molecule has 14 nitrogen and oxygen atoms in total. The van der Waals surface area contributed by atoms with Crippen molar-refractivity contribution < 1.29 is 38.0 Å². The van der Waals surface area contributed by atoms with Crippen LogP contribution in [0.25, 0.3) is 22.1 Å². The van der Waals surface area contributed by atoms with Crippen molar-refractivity contribution in [2.75, 3.05) is 33.4 Å². The highest BCUT2D eigenvalue weighted by Gasteiger charge is 2.37. The number of carbonyl (C=O) groups excluding carboxylic acids is 2. The van der Waals surface area contributed by atoms with Crippen molar-refractivity contribution in [3.05, 3.63) is 53.7 Å². The van der Waals surface area contributed by atoms with Crippen LogP contribution in [0.5, 0.6) is 17.6 Å². The minimum absolute atomic E-state index is 0.0490. The number of carbonyl (C=O) groups is 2. The van der Waals surface area contributed by atoms with Crippen molar-refractivity contribution in [2.45, 2.75) is 117 Å². The lowest BCUT2D eigenvalue weighted by molar-refractivity contribution is 0.0213. The number of likely N-dealkylation sites (tertiary alicyclic amines) is 2. The van der Waals surface area contributed by atoms with Crippen molar-refractivity contribution >= 4 is 45.9 Å². The summed E-state index contributed by atoms with van der Waals surface area (Å²) >= 11 is 5.92. The van der Waals surface area contributed by atoms with Gasteiger partial charge in [-0.05, 0) is 98.6 Å². The molecule has 0 radical (unpaired) electrons. The Labute approximate surface area is 334 Å². The normalized spacial score (nSPS) is 20.8. The molecule has 4 aromatic rings. The molecule has 0 saturated carbocycles. The molecule has 0 N–H and O–H groups in total. The Hall–Kier alpha value is -4.69. The molecule has 15 heteroatoms. The zero-order chi connectivity index (χ0) is 40.6. The van der Waals surface area contributed by atoms with Crippen molar-refractivity contribution in [3.63, 3.8) is 0 Å². The van der Waals surface area contributed by atoms with Gasteiger partial charge in [0.25, 0.3) is 0 Å². The first-order valence-electron chi connectivity index (χ1n) is 19.1. The predicted octanol–water partition coefficient (Wildman–Crippen LogP) is 8.27. The van der Waals surface area contributed by atoms with Crippen LogP contribution in [-0.2, 0) is 14.2 Å². The standard InChI is InChI=1S/C19H25N3O4.C18H22ClN3O3.C4H8O/c1-12-10-14(11-22(12)18(23)26-19(2,3)4)25-16-9-7-13-6-8-15(24-5)20-17(13)21-16;1-11-9-13(10-22(11)17(23)25-18(2,3)4)24-15-8-6-12-5-7-14(19)20-16(12)21-15;1-2-4-5-3-1/h6-9,12,14H,10-11H2,1-5H3;5-8,11,13H,9-10H2,1-4H3;1-4H2/t12-,14+;11-,13+;/m00./s1. The number of hydrogen-bond donors (Lipinski definition) is 0. The van der Waals surface area contributed by atoms with Gasteiger partial charge in [-0.2, -0.15) is 15.0 Å². The van der Waals surface area contributed by atoms with Crippen LogP contribution in [0.1, 0.15) is 81.1 Å². The number of hydrogen-bond acceptors (Lipinski definition) is 12. The monoisotopic (exact) mass is 794 g/mol. The van der Waals surface area contributed by atoms with Gasteiger partial charge in [-0.15, -0.1) is 0 Å². The Kier molecular flexibility index (Phi) is 14.0. The van der Waals surface area contributed by atoms with E-state index in [0.717, 1.165) is 36.8 Å². The molecule has 3 saturated heterocycles. The van der Waals surface area contributed by atoms with Gasteiger partial charge in [-0.25, -0.2) is 14.6 Å². The third kappa shape index (κ3) is 12.4. The fourth-order valence-electron chi connectivity index (χ4n) is 6.30. The fraction of sp³-hybridized carbons (Fsp3) is 0.561. The Bertz CT molecular complexity index is 1940. The summed E-state index contributed by atoms with van der Waals surface area (Å²) in [5, 5.41) is 2.20. The number of methoxy groups -OCH3 is 1. The fourth-order valence-corrected chi connectivity index (χ4v) is 6.45. The summed E-state index contributed by atoms with van der Waals surface area (Å²) in [5.41, 5.74) is 0.0814. The summed E-state index contributed by atoms with van der Waals surface area (Å²) in [6.45, 7) is 18.1. The smallest absolute Gasteiger partial charge is 0.410 e. The summed E-state index contributed by atoms with van der Waals surface area (Å²) in [4.78, 5) is 45.4.